The van der Waals surface area contributed by atoms with E-state index in [1.165, 1.54) is 0 Å². The van der Waals surface area contributed by atoms with E-state index in [1.54, 1.807) is 0 Å². The van der Waals surface area contributed by atoms with Crippen LogP contribution in [0.25, 0.3) is 0 Å². The molecular formula is C12H14F2N2O2. The number of hydrogen-bond donors (Lipinski definition) is 3. The third-order valence-corrected chi connectivity index (χ3v) is 3.04. The summed E-state index contributed by atoms with van der Waals surface area (Å²) < 4.78 is 25.9. The molecule has 0 aromatic heterocycles. The lowest BCUT2D eigenvalue weighted by molar-refractivity contribution is -0.0287. The van der Waals surface area contributed by atoms with Gasteiger partial charge in [-0.25, -0.2) is 13.6 Å². The number of amides is 2. The van der Waals surface area contributed by atoms with Crippen LogP contribution in [0.5, 0.6) is 0 Å². The molecule has 0 radical (unpaired) electrons. The van der Waals surface area contributed by atoms with Gasteiger partial charge in [0.15, 0.2) is 0 Å². The molecule has 4 nitrogen and oxygen atoms in total. The first kappa shape index (κ1) is 12.8. The van der Waals surface area contributed by atoms with Gasteiger partial charge >= 0.3 is 6.03 Å². The van der Waals surface area contributed by atoms with Crippen molar-refractivity contribution in [2.45, 2.75) is 24.9 Å². The van der Waals surface area contributed by atoms with Crippen molar-refractivity contribution in [3.63, 3.8) is 0 Å². The third kappa shape index (κ3) is 2.95. The minimum absolute atomic E-state index is 0.102. The SMILES string of the molecule is O=C(NCC1(O)CCC1)Nc1ccc(F)cc1F. The van der Waals surface area contributed by atoms with Gasteiger partial charge in [-0.3, -0.25) is 0 Å². The molecule has 0 aliphatic heterocycles. The summed E-state index contributed by atoms with van der Waals surface area (Å²) in [7, 11) is 0. The van der Waals surface area contributed by atoms with E-state index in [2.05, 4.69) is 10.6 Å². The molecule has 18 heavy (non-hydrogen) atoms. The van der Waals surface area contributed by atoms with Crippen LogP contribution in [0, 0.1) is 11.6 Å². The van der Waals surface area contributed by atoms with E-state index in [-0.39, 0.29) is 12.2 Å². The molecular weight excluding hydrogens is 242 g/mol. The van der Waals surface area contributed by atoms with Crippen LogP contribution in [-0.2, 0) is 0 Å². The number of rotatable bonds is 3. The van der Waals surface area contributed by atoms with Crippen LogP contribution in [0.1, 0.15) is 19.3 Å². The number of carbonyl (C=O) groups excluding carboxylic acids is 1. The molecule has 0 unspecified atom stereocenters. The van der Waals surface area contributed by atoms with Crippen LogP contribution in [0.4, 0.5) is 19.3 Å². The molecule has 0 bridgehead atoms. The van der Waals surface area contributed by atoms with Gasteiger partial charge in [-0.05, 0) is 31.4 Å². The van der Waals surface area contributed by atoms with Crippen LogP contribution >= 0.6 is 0 Å². The van der Waals surface area contributed by atoms with Crippen molar-refractivity contribution in [1.82, 2.24) is 5.32 Å². The highest BCUT2D eigenvalue weighted by Gasteiger charge is 2.34. The van der Waals surface area contributed by atoms with Crippen molar-refractivity contribution in [1.29, 1.82) is 0 Å². The number of urea groups is 1. The van der Waals surface area contributed by atoms with Gasteiger partial charge < -0.3 is 15.7 Å². The molecule has 6 heteroatoms. The van der Waals surface area contributed by atoms with Gasteiger partial charge in [0.1, 0.15) is 11.6 Å². The van der Waals surface area contributed by atoms with E-state index in [4.69, 9.17) is 0 Å². The van der Waals surface area contributed by atoms with Crippen LogP contribution in [0.3, 0.4) is 0 Å². The Morgan fingerprint density at radius 3 is 2.67 bits per heavy atom. The number of anilines is 1. The summed E-state index contributed by atoms with van der Waals surface area (Å²) in [5.74, 6) is -1.55. The zero-order valence-corrected chi connectivity index (χ0v) is 9.67. The fourth-order valence-corrected chi connectivity index (χ4v) is 1.76. The lowest BCUT2D eigenvalue weighted by atomic mass is 9.80. The highest BCUT2D eigenvalue weighted by molar-refractivity contribution is 5.89. The second-order valence-corrected chi connectivity index (χ2v) is 4.51. The maximum Gasteiger partial charge on any atom is 0.319 e. The quantitative estimate of drug-likeness (QED) is 0.774. The fraction of sp³-hybridized carbons (Fsp3) is 0.417. The molecule has 1 aromatic carbocycles. The molecule has 0 heterocycles. The first-order valence-electron chi connectivity index (χ1n) is 5.71. The molecule has 0 atom stereocenters. The van der Waals surface area contributed by atoms with Gasteiger partial charge in [0, 0.05) is 12.6 Å². The summed E-state index contributed by atoms with van der Waals surface area (Å²) in [6.07, 6.45) is 2.24. The predicted molar refractivity (Wildman–Crippen MR) is 62.2 cm³/mol. The van der Waals surface area contributed by atoms with Gasteiger partial charge in [-0.1, -0.05) is 0 Å². The van der Waals surface area contributed by atoms with Crippen LogP contribution in [0.15, 0.2) is 18.2 Å². The van der Waals surface area contributed by atoms with Crippen molar-refractivity contribution in [2.75, 3.05) is 11.9 Å². The zero-order chi connectivity index (χ0) is 13.2. The largest absolute Gasteiger partial charge is 0.388 e. The first-order chi connectivity index (χ1) is 8.48. The number of nitrogens with one attached hydrogen (secondary N) is 2. The molecule has 3 N–H and O–H groups in total. The summed E-state index contributed by atoms with van der Waals surface area (Å²) in [4.78, 5) is 11.4. The lowest BCUT2D eigenvalue weighted by Gasteiger charge is -2.36. The van der Waals surface area contributed by atoms with E-state index in [1.807, 2.05) is 0 Å². The van der Waals surface area contributed by atoms with Crippen LogP contribution in [-0.4, -0.2) is 23.3 Å². The third-order valence-electron chi connectivity index (χ3n) is 3.04. The van der Waals surface area contributed by atoms with Gasteiger partial charge in [0.2, 0.25) is 0 Å². The second kappa shape index (κ2) is 4.89. The fourth-order valence-electron chi connectivity index (χ4n) is 1.76. The van der Waals surface area contributed by atoms with Crippen molar-refractivity contribution in [3.05, 3.63) is 29.8 Å². The minimum atomic E-state index is -0.840. The number of aliphatic hydroxyl groups is 1. The standard InChI is InChI=1S/C12H14F2N2O2/c13-8-2-3-10(9(14)6-8)16-11(17)15-7-12(18)4-1-5-12/h2-3,6,18H,1,4-5,7H2,(H2,15,16,17). The molecule has 1 aliphatic rings. The van der Waals surface area contributed by atoms with Gasteiger partial charge in [-0.15, -0.1) is 0 Å². The molecule has 0 spiro atoms. The maximum absolute atomic E-state index is 13.2. The zero-order valence-electron chi connectivity index (χ0n) is 9.67. The Morgan fingerprint density at radius 1 is 1.39 bits per heavy atom. The Bertz CT molecular complexity index is 461. The summed E-state index contributed by atoms with van der Waals surface area (Å²) in [6, 6.07) is 2.26. The number of carbonyl (C=O) groups is 1. The van der Waals surface area contributed by atoms with E-state index in [9.17, 15) is 18.7 Å². The van der Waals surface area contributed by atoms with E-state index >= 15 is 0 Å². The smallest absolute Gasteiger partial charge is 0.319 e. The van der Waals surface area contributed by atoms with E-state index < -0.39 is 23.3 Å². The molecule has 2 amide bonds. The van der Waals surface area contributed by atoms with Crippen molar-refractivity contribution in [3.8, 4) is 0 Å². The summed E-state index contributed by atoms with van der Waals surface area (Å²) in [6.45, 7) is 0.127. The Morgan fingerprint density at radius 2 is 2.11 bits per heavy atom. The second-order valence-electron chi connectivity index (χ2n) is 4.51. The number of benzene rings is 1. The Labute approximate surface area is 103 Å². The number of halogens is 2. The summed E-state index contributed by atoms with van der Waals surface area (Å²) in [5, 5.41) is 14.5. The average molecular weight is 256 g/mol. The summed E-state index contributed by atoms with van der Waals surface area (Å²) in [5.41, 5.74) is -0.937. The maximum atomic E-state index is 13.2. The monoisotopic (exact) mass is 256 g/mol. The Kier molecular flexibility index (Phi) is 3.47. The highest BCUT2D eigenvalue weighted by Crippen LogP contribution is 2.30. The Balaban J connectivity index is 1.87. The molecule has 1 saturated carbocycles. The van der Waals surface area contributed by atoms with Crippen LogP contribution in [0.2, 0.25) is 0 Å². The van der Waals surface area contributed by atoms with E-state index in [0.29, 0.717) is 18.9 Å². The highest BCUT2D eigenvalue weighted by atomic mass is 19.1. The molecule has 1 aromatic rings. The average Bonchev–Trinajstić information content (AvgIpc) is 2.28. The molecule has 2 rings (SSSR count). The summed E-state index contributed by atoms with van der Waals surface area (Å²) >= 11 is 0. The van der Waals surface area contributed by atoms with Crippen molar-refractivity contribution >= 4 is 11.7 Å². The van der Waals surface area contributed by atoms with Gasteiger partial charge in [0.25, 0.3) is 0 Å². The van der Waals surface area contributed by atoms with E-state index in [0.717, 1.165) is 18.6 Å². The number of hydrogen-bond acceptors (Lipinski definition) is 2. The molecule has 98 valence electrons. The first-order valence-corrected chi connectivity index (χ1v) is 5.71. The van der Waals surface area contributed by atoms with Crippen LogP contribution < -0.4 is 10.6 Å². The van der Waals surface area contributed by atoms with Crippen molar-refractivity contribution < 1.29 is 18.7 Å². The predicted octanol–water partition coefficient (Wildman–Crippen LogP) is 2.00. The van der Waals surface area contributed by atoms with Gasteiger partial charge in [0.05, 0.1) is 11.3 Å². The molecule has 0 saturated heterocycles. The topological polar surface area (TPSA) is 61.4 Å². The normalized spacial score (nSPS) is 16.8. The molecule has 1 aliphatic carbocycles. The minimum Gasteiger partial charge on any atom is -0.388 e. The Hall–Kier alpha value is -1.69. The molecule has 1 fully saturated rings. The van der Waals surface area contributed by atoms with Gasteiger partial charge in [-0.2, -0.15) is 0 Å². The lowest BCUT2D eigenvalue weighted by Crippen LogP contribution is -2.48. The van der Waals surface area contributed by atoms with Crippen molar-refractivity contribution in [2.24, 2.45) is 0 Å².